The van der Waals surface area contributed by atoms with Gasteiger partial charge in [-0.2, -0.15) is 0 Å². The summed E-state index contributed by atoms with van der Waals surface area (Å²) in [5, 5.41) is 5.28. The quantitative estimate of drug-likeness (QED) is 0.176. The zero-order valence-electron chi connectivity index (χ0n) is 28.6. The van der Waals surface area contributed by atoms with Crippen molar-refractivity contribution in [2.24, 2.45) is 0 Å². The Labute approximate surface area is 302 Å². The van der Waals surface area contributed by atoms with Crippen molar-refractivity contribution in [3.8, 4) is 33.4 Å². The normalized spacial score (nSPS) is 13.1. The van der Waals surface area contributed by atoms with Crippen molar-refractivity contribution in [1.82, 2.24) is 0 Å². The summed E-state index contributed by atoms with van der Waals surface area (Å²) >= 11 is 1.88. The third kappa shape index (κ3) is 4.75. The summed E-state index contributed by atoms with van der Waals surface area (Å²) in [6.07, 6.45) is 0. The topological polar surface area (TPSA) is 3.24 Å². The summed E-state index contributed by atoms with van der Waals surface area (Å²) < 4.78 is 2.67. The molecule has 51 heavy (non-hydrogen) atoms. The van der Waals surface area contributed by atoms with E-state index in [0.29, 0.717) is 0 Å². The van der Waals surface area contributed by atoms with Gasteiger partial charge in [-0.05, 0) is 98.2 Å². The number of para-hydroxylation sites is 1. The maximum Gasteiger partial charge on any atom is 0.0540 e. The average molecular weight is 670 g/mol. The molecule has 1 aliphatic rings. The second-order valence-corrected chi connectivity index (χ2v) is 15.2. The third-order valence-corrected chi connectivity index (χ3v) is 12.0. The highest BCUT2D eigenvalue weighted by Crippen LogP contribution is 2.51. The predicted octanol–water partition coefficient (Wildman–Crippen LogP) is 14.3. The van der Waals surface area contributed by atoms with Crippen molar-refractivity contribution in [3.05, 3.63) is 187 Å². The highest BCUT2D eigenvalue weighted by Gasteiger charge is 2.35. The Balaban J connectivity index is 1.13. The molecule has 10 rings (SSSR count). The molecule has 0 radical (unpaired) electrons. The number of rotatable bonds is 5. The van der Waals surface area contributed by atoms with E-state index in [1.165, 1.54) is 75.5 Å². The smallest absolute Gasteiger partial charge is 0.0540 e. The van der Waals surface area contributed by atoms with Crippen LogP contribution in [0.4, 0.5) is 17.1 Å². The minimum Gasteiger partial charge on any atom is -0.310 e. The van der Waals surface area contributed by atoms with E-state index in [1.54, 1.807) is 0 Å². The van der Waals surface area contributed by atoms with Crippen molar-refractivity contribution < 1.29 is 0 Å². The monoisotopic (exact) mass is 669 g/mol. The summed E-state index contributed by atoms with van der Waals surface area (Å²) in [6, 6.07) is 64.8. The zero-order valence-corrected chi connectivity index (χ0v) is 29.4. The molecule has 1 heterocycles. The van der Waals surface area contributed by atoms with Gasteiger partial charge in [-0.1, -0.05) is 141 Å². The molecule has 0 atom stereocenters. The zero-order chi connectivity index (χ0) is 34.1. The lowest BCUT2D eigenvalue weighted by Crippen LogP contribution is -2.15. The molecular weight excluding hydrogens is 635 g/mol. The second-order valence-electron chi connectivity index (χ2n) is 14.1. The van der Waals surface area contributed by atoms with Crippen LogP contribution >= 0.6 is 11.3 Å². The SMILES string of the molecule is CC1(C)c2ccccc2-c2cc(N(c3ccc(-c4ccc5ccc6sc7ccccc7c6c5c4)cc3)c3ccccc3-c3ccccc3)ccc21. The molecule has 0 N–H and O–H groups in total. The van der Waals surface area contributed by atoms with Gasteiger partial charge in [0.15, 0.2) is 0 Å². The number of anilines is 3. The van der Waals surface area contributed by atoms with Gasteiger partial charge in [0.25, 0.3) is 0 Å². The van der Waals surface area contributed by atoms with Crippen LogP contribution in [0.15, 0.2) is 176 Å². The van der Waals surface area contributed by atoms with Gasteiger partial charge in [0, 0.05) is 42.5 Å². The van der Waals surface area contributed by atoms with E-state index in [4.69, 9.17) is 0 Å². The van der Waals surface area contributed by atoms with Crippen LogP contribution in [0, 0.1) is 0 Å². The lowest BCUT2D eigenvalue weighted by Gasteiger charge is -2.29. The van der Waals surface area contributed by atoms with Gasteiger partial charge in [-0.25, -0.2) is 0 Å². The highest BCUT2D eigenvalue weighted by molar-refractivity contribution is 7.26. The van der Waals surface area contributed by atoms with Gasteiger partial charge in [-0.15, -0.1) is 11.3 Å². The first-order valence-corrected chi connectivity index (χ1v) is 18.5. The molecule has 0 unspecified atom stereocenters. The molecule has 1 nitrogen and oxygen atoms in total. The van der Waals surface area contributed by atoms with Gasteiger partial charge >= 0.3 is 0 Å². The van der Waals surface area contributed by atoms with Gasteiger partial charge in [0.1, 0.15) is 0 Å². The Bertz CT molecular complexity index is 2770. The molecule has 242 valence electrons. The molecule has 1 aromatic heterocycles. The van der Waals surface area contributed by atoms with E-state index in [-0.39, 0.29) is 5.41 Å². The number of thiophene rings is 1. The number of hydrogen-bond donors (Lipinski definition) is 0. The molecule has 9 aromatic rings. The number of nitrogens with zero attached hydrogens (tertiary/aromatic N) is 1. The van der Waals surface area contributed by atoms with Gasteiger partial charge in [-0.3, -0.25) is 0 Å². The van der Waals surface area contributed by atoms with Crippen LogP contribution in [0.5, 0.6) is 0 Å². The maximum atomic E-state index is 2.43. The summed E-state index contributed by atoms with van der Waals surface area (Å²) in [5.74, 6) is 0. The summed E-state index contributed by atoms with van der Waals surface area (Å²) in [6.45, 7) is 4.69. The first kappa shape index (κ1) is 29.9. The van der Waals surface area contributed by atoms with E-state index < -0.39 is 0 Å². The van der Waals surface area contributed by atoms with Crippen LogP contribution in [-0.4, -0.2) is 0 Å². The van der Waals surface area contributed by atoms with Crippen molar-refractivity contribution in [1.29, 1.82) is 0 Å². The Morgan fingerprint density at radius 2 is 1.10 bits per heavy atom. The van der Waals surface area contributed by atoms with E-state index in [1.807, 2.05) is 11.3 Å². The number of fused-ring (bicyclic) bond motifs is 8. The van der Waals surface area contributed by atoms with E-state index in [0.717, 1.165) is 17.1 Å². The molecule has 1 aliphatic carbocycles. The van der Waals surface area contributed by atoms with Crippen molar-refractivity contribution in [2.45, 2.75) is 19.3 Å². The van der Waals surface area contributed by atoms with Gasteiger partial charge in [0.05, 0.1) is 5.69 Å². The minimum absolute atomic E-state index is 0.0420. The number of hydrogen-bond acceptors (Lipinski definition) is 2. The van der Waals surface area contributed by atoms with E-state index in [9.17, 15) is 0 Å². The Hall–Kier alpha value is -5.96. The van der Waals surface area contributed by atoms with Crippen molar-refractivity contribution in [2.75, 3.05) is 4.90 Å². The Kier molecular flexibility index (Phi) is 6.78. The predicted molar refractivity (Wildman–Crippen MR) is 220 cm³/mol. The summed E-state index contributed by atoms with van der Waals surface area (Å²) in [4.78, 5) is 2.43. The highest BCUT2D eigenvalue weighted by atomic mass is 32.1. The van der Waals surface area contributed by atoms with Crippen LogP contribution in [0.2, 0.25) is 0 Å². The molecular formula is C49H35NS. The molecule has 0 saturated carbocycles. The summed E-state index contributed by atoms with van der Waals surface area (Å²) in [5.41, 5.74) is 13.6. The van der Waals surface area contributed by atoms with Crippen LogP contribution in [-0.2, 0) is 5.41 Å². The maximum absolute atomic E-state index is 2.43. The lowest BCUT2D eigenvalue weighted by molar-refractivity contribution is 0.660. The lowest BCUT2D eigenvalue weighted by atomic mass is 9.82. The Morgan fingerprint density at radius 1 is 0.431 bits per heavy atom. The molecule has 0 spiro atoms. The van der Waals surface area contributed by atoms with E-state index in [2.05, 4.69) is 195 Å². The van der Waals surface area contributed by atoms with Crippen molar-refractivity contribution >= 4 is 59.3 Å². The molecule has 2 heteroatoms. The van der Waals surface area contributed by atoms with E-state index >= 15 is 0 Å². The van der Waals surface area contributed by atoms with Gasteiger partial charge < -0.3 is 4.90 Å². The fourth-order valence-corrected chi connectivity index (χ4v) is 9.45. The Morgan fingerprint density at radius 3 is 1.96 bits per heavy atom. The molecule has 0 fully saturated rings. The van der Waals surface area contributed by atoms with Crippen LogP contribution in [0.3, 0.4) is 0 Å². The number of benzene rings is 8. The largest absolute Gasteiger partial charge is 0.310 e. The van der Waals surface area contributed by atoms with Crippen LogP contribution < -0.4 is 4.90 Å². The second kappa shape index (κ2) is 11.6. The minimum atomic E-state index is -0.0420. The van der Waals surface area contributed by atoms with Crippen LogP contribution in [0.25, 0.3) is 64.3 Å². The van der Waals surface area contributed by atoms with Crippen molar-refractivity contribution in [3.63, 3.8) is 0 Å². The average Bonchev–Trinajstić information content (AvgIpc) is 3.68. The molecule has 0 aliphatic heterocycles. The molecule has 0 amide bonds. The fraction of sp³-hybridized carbons (Fsp3) is 0.0612. The summed E-state index contributed by atoms with van der Waals surface area (Å²) in [7, 11) is 0. The fourth-order valence-electron chi connectivity index (χ4n) is 8.33. The first-order chi connectivity index (χ1) is 25.0. The molecule has 8 aromatic carbocycles. The first-order valence-electron chi connectivity index (χ1n) is 17.7. The molecule has 0 bridgehead atoms. The standard InChI is InChI=1S/C49H35NS/c1-49(2)43-17-9-6-15-39(43)42-31-37(27-28-44(42)49)50(45-18-10-7-14-38(45)33-12-4-3-5-13-33)36-25-22-32(23-26-36)35-21-20-34-24-29-47-48(41(34)30-35)40-16-8-11-19-46(40)51-47/h3-31H,1-2H3. The van der Waals surface area contributed by atoms with Gasteiger partial charge in [0.2, 0.25) is 0 Å². The van der Waals surface area contributed by atoms with Crippen LogP contribution in [0.1, 0.15) is 25.0 Å². The third-order valence-electron chi connectivity index (χ3n) is 10.9. The molecule has 0 saturated heterocycles.